The van der Waals surface area contributed by atoms with Gasteiger partial charge in [-0.2, -0.15) is 8.78 Å². The fourth-order valence-corrected chi connectivity index (χ4v) is 3.18. The van der Waals surface area contributed by atoms with Crippen LogP contribution in [0.4, 0.5) is 8.78 Å². The van der Waals surface area contributed by atoms with Gasteiger partial charge in [0.05, 0.1) is 10.4 Å². The predicted molar refractivity (Wildman–Crippen MR) is 75.5 cm³/mol. The maximum Gasteiger partial charge on any atom is 0.379 e. The van der Waals surface area contributed by atoms with Crippen molar-refractivity contribution in [3.05, 3.63) is 19.2 Å². The second kappa shape index (κ2) is 7.14. The number of rotatable bonds is 4. The number of carbonyl (C=O) groups excluding carboxylic acids is 1. The molecule has 0 aliphatic heterocycles. The highest BCUT2D eigenvalue weighted by Gasteiger charge is 2.48. The van der Waals surface area contributed by atoms with Crippen molar-refractivity contribution in [1.82, 2.24) is 0 Å². The van der Waals surface area contributed by atoms with Crippen molar-refractivity contribution in [3.8, 4) is 0 Å². The highest BCUT2D eigenvalue weighted by molar-refractivity contribution is 9.13. The van der Waals surface area contributed by atoms with E-state index in [1.165, 1.54) is 13.0 Å². The van der Waals surface area contributed by atoms with Crippen LogP contribution in [0.1, 0.15) is 17.8 Å². The van der Waals surface area contributed by atoms with E-state index in [1.54, 1.807) is 0 Å². The molecule has 104 valence electrons. The number of hydrogen-bond donors (Lipinski definition) is 1. The lowest BCUT2D eigenvalue weighted by atomic mass is 10.1. The van der Waals surface area contributed by atoms with Gasteiger partial charge in [-0.1, -0.05) is 0 Å². The second-order valence-electron chi connectivity index (χ2n) is 3.09. The first-order chi connectivity index (χ1) is 7.80. The fraction of sp³-hybridized carbons (Fsp3) is 0.444. The van der Waals surface area contributed by atoms with E-state index in [0.29, 0.717) is 8.26 Å². The maximum atomic E-state index is 13.6. The lowest BCUT2D eigenvalue weighted by molar-refractivity contribution is -0.174. The molecule has 0 spiro atoms. The lowest BCUT2D eigenvalue weighted by Gasteiger charge is -2.20. The first kappa shape index (κ1) is 18.2. The van der Waals surface area contributed by atoms with Gasteiger partial charge in [0.25, 0.3) is 0 Å². The minimum atomic E-state index is -3.74. The summed E-state index contributed by atoms with van der Waals surface area (Å²) >= 11 is 7.38. The summed E-state index contributed by atoms with van der Waals surface area (Å²) in [6.07, 6.45) is 0. The molecule has 0 saturated heterocycles. The third-order valence-corrected chi connectivity index (χ3v) is 5.25. The molecule has 0 bridgehead atoms. The number of nitrogens with two attached hydrogens (primary N) is 1. The Bertz CT molecular complexity index is 411. The lowest BCUT2D eigenvalue weighted by Crippen LogP contribution is -2.41. The Kier molecular flexibility index (Phi) is 7.23. The number of carbonyl (C=O) groups is 1. The summed E-state index contributed by atoms with van der Waals surface area (Å²) in [5.41, 5.74) is 5.40. The van der Waals surface area contributed by atoms with Crippen molar-refractivity contribution >= 4 is 61.6 Å². The van der Waals surface area contributed by atoms with E-state index >= 15 is 0 Å². The maximum absolute atomic E-state index is 13.6. The summed E-state index contributed by atoms with van der Waals surface area (Å²) < 4.78 is 32.8. The summed E-state index contributed by atoms with van der Waals surface area (Å²) in [6.45, 7) is 1.34. The first-order valence-electron chi connectivity index (χ1n) is 4.56. The summed E-state index contributed by atoms with van der Waals surface area (Å²) in [5.74, 6) is -5.34. The van der Waals surface area contributed by atoms with Crippen LogP contribution in [0.25, 0.3) is 0 Å². The Morgan fingerprint density at radius 3 is 2.56 bits per heavy atom. The average Bonchev–Trinajstić information content (AvgIpc) is 2.58. The molecule has 0 aliphatic carbocycles. The smallest absolute Gasteiger partial charge is 0.379 e. The molecule has 0 amide bonds. The molecule has 2 N–H and O–H groups in total. The molecule has 1 aromatic rings. The van der Waals surface area contributed by atoms with Crippen LogP contribution >= 0.6 is 55.6 Å². The number of ether oxygens (including phenoxy) is 1. The van der Waals surface area contributed by atoms with Crippen molar-refractivity contribution in [2.45, 2.75) is 18.9 Å². The topological polar surface area (TPSA) is 52.3 Å². The third-order valence-electron chi connectivity index (χ3n) is 1.91. The van der Waals surface area contributed by atoms with Crippen LogP contribution in [-0.2, 0) is 9.53 Å². The van der Waals surface area contributed by atoms with Crippen molar-refractivity contribution in [2.75, 3.05) is 6.61 Å². The molecule has 1 atom stereocenters. The number of hydrogen-bond acceptors (Lipinski definition) is 4. The SMILES string of the molecule is CCOC(=O)C(F)(F)[C@@H](N)c1cc(Br)c(Br)s1.Cl. The highest BCUT2D eigenvalue weighted by atomic mass is 79.9. The van der Waals surface area contributed by atoms with E-state index < -0.39 is 17.9 Å². The predicted octanol–water partition coefficient (Wildman–Crippen LogP) is 3.89. The molecule has 18 heavy (non-hydrogen) atoms. The monoisotopic (exact) mass is 427 g/mol. The summed E-state index contributed by atoms with van der Waals surface area (Å²) in [7, 11) is 0. The Balaban J connectivity index is 0.00000289. The quantitative estimate of drug-likeness (QED) is 0.739. The van der Waals surface area contributed by atoms with Gasteiger partial charge in [0.2, 0.25) is 0 Å². The Hall–Kier alpha value is 0.240. The molecule has 0 saturated carbocycles. The van der Waals surface area contributed by atoms with Gasteiger partial charge in [0, 0.05) is 9.35 Å². The summed E-state index contributed by atoms with van der Waals surface area (Å²) in [5, 5.41) is 0. The summed E-state index contributed by atoms with van der Waals surface area (Å²) in [4.78, 5) is 11.3. The van der Waals surface area contributed by atoms with Gasteiger partial charge < -0.3 is 10.5 Å². The van der Waals surface area contributed by atoms with Crippen molar-refractivity contribution in [3.63, 3.8) is 0 Å². The van der Waals surface area contributed by atoms with Crippen LogP contribution in [0.15, 0.2) is 14.3 Å². The molecule has 3 nitrogen and oxygen atoms in total. The highest BCUT2D eigenvalue weighted by Crippen LogP contribution is 2.40. The Labute approximate surface area is 130 Å². The average molecular weight is 430 g/mol. The van der Waals surface area contributed by atoms with E-state index in [4.69, 9.17) is 5.73 Å². The Morgan fingerprint density at radius 1 is 1.61 bits per heavy atom. The third kappa shape index (κ3) is 3.86. The zero-order chi connectivity index (χ0) is 13.2. The van der Waals surface area contributed by atoms with Gasteiger partial charge in [-0.05, 0) is 44.8 Å². The molecular formula is C9H10Br2ClF2NO2S. The minimum absolute atomic E-state index is 0. The van der Waals surface area contributed by atoms with Gasteiger partial charge in [-0.25, -0.2) is 4.79 Å². The molecule has 1 heterocycles. The molecule has 0 aromatic carbocycles. The van der Waals surface area contributed by atoms with Crippen molar-refractivity contribution in [2.24, 2.45) is 5.73 Å². The van der Waals surface area contributed by atoms with Crippen molar-refractivity contribution < 1.29 is 18.3 Å². The van der Waals surface area contributed by atoms with Gasteiger partial charge in [-0.15, -0.1) is 23.7 Å². The normalized spacial score (nSPS) is 12.8. The van der Waals surface area contributed by atoms with E-state index in [2.05, 4.69) is 36.6 Å². The standard InChI is InChI=1S/C9H9Br2F2NO2S.ClH/c1-2-16-8(15)9(12,13)6(14)5-3-4(10)7(11)17-5;/h3,6H,2,14H2,1H3;1H/t6-;/m0./s1. The summed E-state index contributed by atoms with van der Waals surface area (Å²) in [6, 6.07) is -0.263. The number of thiophene rings is 1. The van der Waals surface area contributed by atoms with Crippen LogP contribution in [0, 0.1) is 0 Å². The zero-order valence-corrected chi connectivity index (χ0v) is 13.9. The molecule has 1 rings (SSSR count). The number of esters is 1. The second-order valence-corrected chi connectivity index (χ2v) is 6.35. The van der Waals surface area contributed by atoms with E-state index in [9.17, 15) is 13.6 Å². The molecule has 1 aromatic heterocycles. The van der Waals surface area contributed by atoms with Crippen LogP contribution in [0.2, 0.25) is 0 Å². The molecule has 0 radical (unpaired) electrons. The van der Waals surface area contributed by atoms with Gasteiger partial charge in [0.15, 0.2) is 0 Å². The van der Waals surface area contributed by atoms with Gasteiger partial charge >= 0.3 is 11.9 Å². The minimum Gasteiger partial charge on any atom is -0.462 e. The van der Waals surface area contributed by atoms with Gasteiger partial charge in [0.1, 0.15) is 6.04 Å². The number of halogens is 5. The van der Waals surface area contributed by atoms with Gasteiger partial charge in [-0.3, -0.25) is 0 Å². The van der Waals surface area contributed by atoms with E-state index in [-0.39, 0.29) is 23.9 Å². The van der Waals surface area contributed by atoms with Crippen LogP contribution < -0.4 is 5.73 Å². The molecule has 9 heteroatoms. The van der Waals surface area contributed by atoms with E-state index in [1.807, 2.05) is 0 Å². The number of alkyl halides is 2. The van der Waals surface area contributed by atoms with Crippen LogP contribution in [-0.4, -0.2) is 18.5 Å². The Morgan fingerprint density at radius 2 is 2.17 bits per heavy atom. The van der Waals surface area contributed by atoms with Crippen molar-refractivity contribution in [1.29, 1.82) is 0 Å². The van der Waals surface area contributed by atoms with Crippen LogP contribution in [0.5, 0.6) is 0 Å². The molecule has 0 unspecified atom stereocenters. The van der Waals surface area contributed by atoms with E-state index in [0.717, 1.165) is 11.3 Å². The molecular weight excluding hydrogens is 419 g/mol. The fourth-order valence-electron chi connectivity index (χ4n) is 1.05. The van der Waals surface area contributed by atoms with Crippen LogP contribution in [0.3, 0.4) is 0 Å². The molecule has 0 aliphatic rings. The largest absolute Gasteiger partial charge is 0.462 e. The first-order valence-corrected chi connectivity index (χ1v) is 6.96. The molecule has 0 fully saturated rings. The zero-order valence-electron chi connectivity index (χ0n) is 9.08.